The monoisotopic (exact) mass is 367 g/mol. The average Bonchev–Trinajstić information content (AvgIpc) is 2.82. The van der Waals surface area contributed by atoms with Gasteiger partial charge in [0.05, 0.1) is 27.3 Å². The highest BCUT2D eigenvalue weighted by Gasteiger charge is 2.18. The number of hydrogen-bond donors (Lipinski definition) is 0. The molecule has 3 rings (SSSR count). The van der Waals surface area contributed by atoms with Gasteiger partial charge in [0.2, 0.25) is 0 Å². The van der Waals surface area contributed by atoms with E-state index in [-0.39, 0.29) is 11.2 Å². The van der Waals surface area contributed by atoms with E-state index in [1.54, 1.807) is 18.5 Å². The van der Waals surface area contributed by atoms with Crippen molar-refractivity contribution < 1.29 is 4.39 Å². The molecule has 3 nitrogen and oxygen atoms in total. The van der Waals surface area contributed by atoms with Crippen molar-refractivity contribution >= 4 is 38.6 Å². The van der Waals surface area contributed by atoms with E-state index in [0.717, 1.165) is 22.3 Å². The highest BCUT2D eigenvalue weighted by Crippen LogP contribution is 2.31. The van der Waals surface area contributed by atoms with Crippen LogP contribution in [0.15, 0.2) is 35.1 Å². The van der Waals surface area contributed by atoms with Crippen LogP contribution in [0.1, 0.15) is 23.7 Å². The Balaban J connectivity index is 2.38. The molecule has 1 unspecified atom stereocenters. The molecule has 0 aliphatic heterocycles. The Hall–Kier alpha value is -1.46. The predicted octanol–water partition coefficient (Wildman–Crippen LogP) is 4.93. The summed E-state index contributed by atoms with van der Waals surface area (Å²) in [5, 5.41) is -0.277. The number of hydrogen-bond acceptors (Lipinski definition) is 2. The van der Waals surface area contributed by atoms with Gasteiger partial charge in [-0.05, 0) is 53.5 Å². The van der Waals surface area contributed by atoms with Crippen LogP contribution in [0.5, 0.6) is 0 Å². The number of aromatic nitrogens is 3. The summed E-state index contributed by atoms with van der Waals surface area (Å²) in [6.07, 6.45) is 3.40. The number of pyridine rings is 1. The Morgan fingerprint density at radius 1 is 1.38 bits per heavy atom. The summed E-state index contributed by atoms with van der Waals surface area (Å²) in [5.74, 6) is 0.420. The largest absolute Gasteiger partial charge is 0.295 e. The third kappa shape index (κ3) is 2.45. The second-order valence-corrected chi connectivity index (χ2v) is 6.35. The van der Waals surface area contributed by atoms with E-state index in [4.69, 9.17) is 11.6 Å². The minimum atomic E-state index is -0.289. The minimum Gasteiger partial charge on any atom is -0.295 e. The van der Waals surface area contributed by atoms with Crippen LogP contribution < -0.4 is 0 Å². The van der Waals surface area contributed by atoms with Crippen molar-refractivity contribution in [3.63, 3.8) is 0 Å². The van der Waals surface area contributed by atoms with E-state index < -0.39 is 0 Å². The van der Waals surface area contributed by atoms with Crippen molar-refractivity contribution in [3.8, 4) is 5.69 Å². The van der Waals surface area contributed by atoms with Crippen molar-refractivity contribution in [3.05, 3.63) is 52.3 Å². The van der Waals surface area contributed by atoms with Gasteiger partial charge in [0.25, 0.3) is 0 Å². The molecule has 0 radical (unpaired) electrons. The van der Waals surface area contributed by atoms with Crippen LogP contribution in [-0.4, -0.2) is 14.5 Å². The summed E-state index contributed by atoms with van der Waals surface area (Å²) in [5.41, 5.74) is 3.32. The summed E-state index contributed by atoms with van der Waals surface area (Å²) < 4.78 is 16.0. The maximum absolute atomic E-state index is 13.7. The number of rotatable bonds is 2. The quantitative estimate of drug-likeness (QED) is 0.600. The Morgan fingerprint density at radius 2 is 2.14 bits per heavy atom. The Kier molecular flexibility index (Phi) is 3.71. The predicted molar refractivity (Wildman–Crippen MR) is 85.5 cm³/mol. The third-order valence-electron chi connectivity index (χ3n) is 3.32. The number of benzene rings is 1. The van der Waals surface area contributed by atoms with Gasteiger partial charge < -0.3 is 0 Å². The first-order valence-electron chi connectivity index (χ1n) is 6.41. The molecule has 0 aliphatic rings. The lowest BCUT2D eigenvalue weighted by atomic mass is 10.2. The fraction of sp³-hybridized carbons (Fsp3) is 0.200. The minimum absolute atomic E-state index is 0.277. The molecule has 0 N–H and O–H groups in total. The lowest BCUT2D eigenvalue weighted by Gasteiger charge is -2.14. The van der Waals surface area contributed by atoms with Gasteiger partial charge in [-0.2, -0.15) is 0 Å². The van der Waals surface area contributed by atoms with Crippen LogP contribution in [-0.2, 0) is 0 Å². The second-order valence-electron chi connectivity index (χ2n) is 4.84. The molecule has 0 spiro atoms. The number of imidazole rings is 1. The molecule has 108 valence electrons. The lowest BCUT2D eigenvalue weighted by Crippen LogP contribution is -2.04. The van der Waals surface area contributed by atoms with Gasteiger partial charge >= 0.3 is 0 Å². The molecule has 0 fully saturated rings. The van der Waals surface area contributed by atoms with Gasteiger partial charge in [0.1, 0.15) is 17.2 Å². The van der Waals surface area contributed by atoms with Gasteiger partial charge in [0.15, 0.2) is 0 Å². The molecule has 6 heteroatoms. The molecular formula is C15H12BrClFN3. The van der Waals surface area contributed by atoms with E-state index in [2.05, 4.69) is 25.9 Å². The molecule has 0 amide bonds. The zero-order chi connectivity index (χ0) is 15.1. The number of aryl methyl sites for hydroxylation is 1. The van der Waals surface area contributed by atoms with Crippen molar-refractivity contribution in [1.29, 1.82) is 0 Å². The molecule has 21 heavy (non-hydrogen) atoms. The molecule has 2 aromatic heterocycles. The molecule has 3 aromatic rings. The number of alkyl halides is 1. The summed E-state index contributed by atoms with van der Waals surface area (Å²) >= 11 is 9.50. The molecule has 0 bridgehead atoms. The molecule has 0 saturated carbocycles. The SMILES string of the molecule is Cc1cc(F)c(Br)cc1-n1c(C(C)Cl)nc2cnccc21. The van der Waals surface area contributed by atoms with Crippen molar-refractivity contribution in [2.24, 2.45) is 0 Å². The van der Waals surface area contributed by atoms with Gasteiger partial charge in [-0.15, -0.1) is 11.6 Å². The van der Waals surface area contributed by atoms with E-state index in [1.807, 2.05) is 24.5 Å². The fourth-order valence-corrected chi connectivity index (χ4v) is 2.83. The van der Waals surface area contributed by atoms with Crippen LogP contribution in [0.2, 0.25) is 0 Å². The van der Waals surface area contributed by atoms with Gasteiger partial charge in [-0.3, -0.25) is 9.55 Å². The fourth-order valence-electron chi connectivity index (χ4n) is 2.35. The molecule has 0 saturated heterocycles. The van der Waals surface area contributed by atoms with Crippen molar-refractivity contribution in [2.45, 2.75) is 19.2 Å². The van der Waals surface area contributed by atoms with E-state index in [1.165, 1.54) is 6.07 Å². The van der Waals surface area contributed by atoms with Crippen LogP contribution in [0.3, 0.4) is 0 Å². The molecule has 2 heterocycles. The number of nitrogens with zero attached hydrogens (tertiary/aromatic N) is 3. The first-order chi connectivity index (χ1) is 9.99. The normalized spacial score (nSPS) is 12.8. The van der Waals surface area contributed by atoms with Crippen LogP contribution in [0.4, 0.5) is 4.39 Å². The van der Waals surface area contributed by atoms with Crippen LogP contribution >= 0.6 is 27.5 Å². The highest BCUT2D eigenvalue weighted by molar-refractivity contribution is 9.10. The summed E-state index contributed by atoms with van der Waals surface area (Å²) in [4.78, 5) is 8.63. The topological polar surface area (TPSA) is 30.7 Å². The summed E-state index contributed by atoms with van der Waals surface area (Å²) in [6, 6.07) is 5.12. The summed E-state index contributed by atoms with van der Waals surface area (Å²) in [7, 11) is 0. The third-order valence-corrected chi connectivity index (χ3v) is 4.12. The Morgan fingerprint density at radius 3 is 2.86 bits per heavy atom. The van der Waals surface area contributed by atoms with Crippen LogP contribution in [0, 0.1) is 12.7 Å². The standard InChI is InChI=1S/C15H12BrClFN3/c1-8-5-11(18)10(16)6-14(8)21-13-3-4-19-7-12(13)20-15(21)9(2)17/h3-7,9H,1-2H3. The van der Waals surface area contributed by atoms with E-state index in [0.29, 0.717) is 10.3 Å². The average molecular weight is 369 g/mol. The Bertz CT molecular complexity index is 829. The van der Waals surface area contributed by atoms with Crippen molar-refractivity contribution in [2.75, 3.05) is 0 Å². The molecule has 1 aromatic carbocycles. The number of fused-ring (bicyclic) bond motifs is 1. The Labute approximate surface area is 134 Å². The summed E-state index contributed by atoms with van der Waals surface area (Å²) in [6.45, 7) is 3.72. The smallest absolute Gasteiger partial charge is 0.137 e. The van der Waals surface area contributed by atoms with Gasteiger partial charge in [0, 0.05) is 6.20 Å². The molecule has 1 atom stereocenters. The molecular weight excluding hydrogens is 357 g/mol. The van der Waals surface area contributed by atoms with Gasteiger partial charge in [-0.25, -0.2) is 9.37 Å². The second kappa shape index (κ2) is 5.39. The highest BCUT2D eigenvalue weighted by atomic mass is 79.9. The zero-order valence-corrected chi connectivity index (χ0v) is 13.8. The maximum Gasteiger partial charge on any atom is 0.137 e. The first kappa shape index (κ1) is 14.5. The first-order valence-corrected chi connectivity index (χ1v) is 7.64. The van der Waals surface area contributed by atoms with Gasteiger partial charge in [-0.1, -0.05) is 0 Å². The van der Waals surface area contributed by atoms with Crippen LogP contribution in [0.25, 0.3) is 16.7 Å². The number of halogens is 3. The lowest BCUT2D eigenvalue weighted by molar-refractivity contribution is 0.619. The van der Waals surface area contributed by atoms with E-state index in [9.17, 15) is 4.39 Å². The zero-order valence-electron chi connectivity index (χ0n) is 11.4. The van der Waals surface area contributed by atoms with Crippen molar-refractivity contribution in [1.82, 2.24) is 14.5 Å². The van der Waals surface area contributed by atoms with E-state index >= 15 is 0 Å². The maximum atomic E-state index is 13.7. The molecule has 0 aliphatic carbocycles.